The van der Waals surface area contributed by atoms with E-state index in [1.54, 1.807) is 33.4 Å². The molecule has 27 heavy (non-hydrogen) atoms. The molecule has 0 aliphatic rings. The summed E-state index contributed by atoms with van der Waals surface area (Å²) in [7, 11) is 4.91. The van der Waals surface area contributed by atoms with Gasteiger partial charge in [0.25, 0.3) is 5.91 Å². The maximum absolute atomic E-state index is 11.1. The number of halogens is 1. The smallest absolute Gasteiger partial charge is 0.284 e. The molecule has 0 bridgehead atoms. The van der Waals surface area contributed by atoms with Crippen LogP contribution < -0.4 is 25.8 Å². The molecule has 0 radical (unpaired) electrons. The molecule has 0 saturated carbocycles. The largest absolute Gasteiger partial charge is 0.497 e. The van der Waals surface area contributed by atoms with Gasteiger partial charge >= 0.3 is 0 Å². The van der Waals surface area contributed by atoms with Crippen molar-refractivity contribution in [3.8, 4) is 11.5 Å². The summed E-state index contributed by atoms with van der Waals surface area (Å²) in [6.07, 6.45) is 0. The SMILES string of the molecule is CN=C(NCc1ccc(C(N)=O)o1)NC(C)c1cc(OC)ccc1OC.I. The molecule has 0 aliphatic carbocycles. The normalized spacial score (nSPS) is 11.9. The fourth-order valence-corrected chi connectivity index (χ4v) is 2.43. The maximum Gasteiger partial charge on any atom is 0.284 e. The van der Waals surface area contributed by atoms with Crippen LogP contribution in [0.15, 0.2) is 39.7 Å². The van der Waals surface area contributed by atoms with Crippen molar-refractivity contribution in [2.45, 2.75) is 19.5 Å². The summed E-state index contributed by atoms with van der Waals surface area (Å²) < 4.78 is 16.0. The highest BCUT2D eigenvalue weighted by atomic mass is 127. The van der Waals surface area contributed by atoms with E-state index in [-0.39, 0.29) is 35.8 Å². The molecule has 1 aromatic heterocycles. The van der Waals surface area contributed by atoms with Crippen LogP contribution in [0.4, 0.5) is 0 Å². The first-order valence-corrected chi connectivity index (χ1v) is 8.06. The zero-order valence-corrected chi connectivity index (χ0v) is 18.1. The van der Waals surface area contributed by atoms with Crippen LogP contribution in [-0.4, -0.2) is 33.1 Å². The number of primary amides is 1. The van der Waals surface area contributed by atoms with Gasteiger partial charge in [0, 0.05) is 12.6 Å². The molecule has 2 aromatic rings. The number of guanidine groups is 1. The minimum atomic E-state index is -0.600. The van der Waals surface area contributed by atoms with Crippen molar-refractivity contribution in [2.24, 2.45) is 10.7 Å². The van der Waals surface area contributed by atoms with Crippen LogP contribution in [0.3, 0.4) is 0 Å². The van der Waals surface area contributed by atoms with Crippen LogP contribution in [0.5, 0.6) is 11.5 Å². The standard InChI is InChI=1S/C18H24N4O4.HI/c1-11(14-9-12(24-3)5-7-15(14)25-4)22-18(20-2)21-10-13-6-8-16(26-13)17(19)23;/h5-9,11H,10H2,1-4H3,(H2,19,23)(H2,20,21,22);1H. The average molecular weight is 488 g/mol. The predicted molar refractivity (Wildman–Crippen MR) is 114 cm³/mol. The van der Waals surface area contributed by atoms with E-state index < -0.39 is 5.91 Å². The fourth-order valence-electron chi connectivity index (χ4n) is 2.43. The lowest BCUT2D eigenvalue weighted by Gasteiger charge is -2.20. The number of nitrogens with one attached hydrogen (secondary N) is 2. The molecule has 1 unspecified atom stereocenters. The van der Waals surface area contributed by atoms with Crippen LogP contribution >= 0.6 is 24.0 Å². The monoisotopic (exact) mass is 488 g/mol. The Kier molecular flexibility index (Phi) is 8.92. The van der Waals surface area contributed by atoms with Crippen LogP contribution in [0.25, 0.3) is 0 Å². The Bertz CT molecular complexity index is 791. The van der Waals surface area contributed by atoms with Gasteiger partial charge in [-0.2, -0.15) is 0 Å². The zero-order valence-electron chi connectivity index (χ0n) is 15.7. The van der Waals surface area contributed by atoms with E-state index in [4.69, 9.17) is 19.6 Å². The van der Waals surface area contributed by atoms with Gasteiger partial charge in [-0.25, -0.2) is 0 Å². The van der Waals surface area contributed by atoms with E-state index in [0.29, 0.717) is 18.3 Å². The Morgan fingerprint density at radius 2 is 2.00 bits per heavy atom. The van der Waals surface area contributed by atoms with Crippen molar-refractivity contribution >= 4 is 35.8 Å². The molecule has 1 aromatic carbocycles. The molecule has 9 heteroatoms. The summed E-state index contributed by atoms with van der Waals surface area (Å²) in [5, 5.41) is 6.40. The van der Waals surface area contributed by atoms with Gasteiger partial charge in [-0.1, -0.05) is 0 Å². The third-order valence-corrected chi connectivity index (χ3v) is 3.81. The number of methoxy groups -OCH3 is 2. The first kappa shape index (κ1) is 22.6. The summed E-state index contributed by atoms with van der Waals surface area (Å²) in [5.74, 6) is 2.16. The van der Waals surface area contributed by atoms with Crippen molar-refractivity contribution < 1.29 is 18.7 Å². The quantitative estimate of drug-likeness (QED) is 0.314. The Labute approximate surface area is 175 Å². The highest BCUT2D eigenvalue weighted by molar-refractivity contribution is 14.0. The molecular weight excluding hydrogens is 463 g/mol. The van der Waals surface area contributed by atoms with Crippen molar-refractivity contribution in [1.82, 2.24) is 10.6 Å². The molecule has 1 heterocycles. The van der Waals surface area contributed by atoms with Gasteiger partial charge in [0.1, 0.15) is 17.3 Å². The lowest BCUT2D eigenvalue weighted by Crippen LogP contribution is -2.38. The Balaban J connectivity index is 0.00000364. The number of carbonyl (C=O) groups is 1. The number of ether oxygens (including phenoxy) is 2. The van der Waals surface area contributed by atoms with Crippen LogP contribution in [0.1, 0.15) is 34.8 Å². The number of aliphatic imine (C=N–C) groups is 1. The number of nitrogens with zero attached hydrogens (tertiary/aromatic N) is 1. The second-order valence-corrected chi connectivity index (χ2v) is 5.53. The number of carbonyl (C=O) groups excluding carboxylic acids is 1. The number of furan rings is 1. The van der Waals surface area contributed by atoms with E-state index in [0.717, 1.165) is 17.1 Å². The summed E-state index contributed by atoms with van der Waals surface area (Å²) in [6, 6.07) is 8.75. The van der Waals surface area contributed by atoms with Gasteiger partial charge in [0.05, 0.1) is 26.8 Å². The van der Waals surface area contributed by atoms with Crippen molar-refractivity contribution in [3.63, 3.8) is 0 Å². The second kappa shape index (κ2) is 10.7. The number of nitrogens with two attached hydrogens (primary N) is 1. The van der Waals surface area contributed by atoms with Crippen LogP contribution in [0, 0.1) is 0 Å². The van der Waals surface area contributed by atoms with Crippen LogP contribution in [0.2, 0.25) is 0 Å². The van der Waals surface area contributed by atoms with Gasteiger partial charge in [-0.3, -0.25) is 9.79 Å². The second-order valence-electron chi connectivity index (χ2n) is 5.53. The Morgan fingerprint density at radius 3 is 2.56 bits per heavy atom. The molecule has 0 spiro atoms. The minimum Gasteiger partial charge on any atom is -0.497 e. The summed E-state index contributed by atoms with van der Waals surface area (Å²) in [4.78, 5) is 15.3. The van der Waals surface area contributed by atoms with Gasteiger partial charge in [-0.15, -0.1) is 24.0 Å². The third-order valence-electron chi connectivity index (χ3n) is 3.81. The lowest BCUT2D eigenvalue weighted by atomic mass is 10.1. The Morgan fingerprint density at radius 1 is 1.26 bits per heavy atom. The minimum absolute atomic E-state index is 0. The first-order valence-electron chi connectivity index (χ1n) is 8.06. The Hall–Kier alpha value is -2.43. The molecule has 1 amide bonds. The number of hydrogen-bond acceptors (Lipinski definition) is 5. The van der Waals surface area contributed by atoms with E-state index in [1.165, 1.54) is 0 Å². The predicted octanol–water partition coefficient (Wildman–Crippen LogP) is 2.44. The number of hydrogen-bond donors (Lipinski definition) is 3. The van der Waals surface area contributed by atoms with E-state index in [1.807, 2.05) is 25.1 Å². The number of amides is 1. The summed E-state index contributed by atoms with van der Waals surface area (Å²) in [5.41, 5.74) is 6.11. The number of rotatable bonds is 7. The first-order chi connectivity index (χ1) is 12.5. The van der Waals surface area contributed by atoms with Crippen molar-refractivity contribution in [2.75, 3.05) is 21.3 Å². The molecule has 0 aliphatic heterocycles. The van der Waals surface area contributed by atoms with Gasteiger partial charge in [-0.05, 0) is 37.3 Å². The molecule has 148 valence electrons. The highest BCUT2D eigenvalue weighted by Gasteiger charge is 2.15. The fraction of sp³-hybridized carbons (Fsp3) is 0.333. The number of benzene rings is 1. The maximum atomic E-state index is 11.1. The molecule has 2 rings (SSSR count). The summed E-state index contributed by atoms with van der Waals surface area (Å²) in [6.45, 7) is 2.34. The molecule has 8 nitrogen and oxygen atoms in total. The topological polar surface area (TPSA) is 111 Å². The lowest BCUT2D eigenvalue weighted by molar-refractivity contribution is 0.0972. The van der Waals surface area contributed by atoms with E-state index in [2.05, 4.69) is 15.6 Å². The van der Waals surface area contributed by atoms with E-state index >= 15 is 0 Å². The van der Waals surface area contributed by atoms with Crippen molar-refractivity contribution in [1.29, 1.82) is 0 Å². The summed E-state index contributed by atoms with van der Waals surface area (Å²) >= 11 is 0. The molecule has 0 saturated heterocycles. The van der Waals surface area contributed by atoms with Gasteiger partial charge in [0.15, 0.2) is 11.7 Å². The van der Waals surface area contributed by atoms with Gasteiger partial charge in [0.2, 0.25) is 0 Å². The molecule has 1 atom stereocenters. The average Bonchev–Trinajstić information content (AvgIpc) is 3.13. The molecule has 0 fully saturated rings. The zero-order chi connectivity index (χ0) is 19.1. The van der Waals surface area contributed by atoms with E-state index in [9.17, 15) is 4.79 Å². The third kappa shape index (κ3) is 6.05. The van der Waals surface area contributed by atoms with Gasteiger partial charge < -0.3 is 30.3 Å². The molecular formula is C18H25IN4O4. The van der Waals surface area contributed by atoms with Crippen molar-refractivity contribution in [3.05, 3.63) is 47.4 Å². The molecule has 4 N–H and O–H groups in total. The highest BCUT2D eigenvalue weighted by Crippen LogP contribution is 2.29. The van der Waals surface area contributed by atoms with Crippen LogP contribution in [-0.2, 0) is 6.54 Å².